The number of alkyl halides is 3. The first kappa shape index (κ1) is 29.8. The first-order valence-corrected chi connectivity index (χ1v) is 15.7. The van der Waals surface area contributed by atoms with E-state index in [-0.39, 0.29) is 53.6 Å². The molecule has 15 heteroatoms. The Morgan fingerprint density at radius 1 is 1.11 bits per heavy atom. The molecule has 6 atom stereocenters. The van der Waals surface area contributed by atoms with Crippen molar-refractivity contribution in [3.63, 3.8) is 0 Å². The Balaban J connectivity index is 1.31. The van der Waals surface area contributed by atoms with Crippen molar-refractivity contribution in [2.75, 3.05) is 43.5 Å². The van der Waals surface area contributed by atoms with Crippen LogP contribution in [0.3, 0.4) is 0 Å². The lowest BCUT2D eigenvalue weighted by molar-refractivity contribution is -0.137. The van der Waals surface area contributed by atoms with Crippen molar-refractivity contribution in [3.05, 3.63) is 28.8 Å². The van der Waals surface area contributed by atoms with Crippen molar-refractivity contribution in [2.45, 2.75) is 82.0 Å². The number of halogens is 5. The number of fused-ring (bicyclic) bond motifs is 6. The van der Waals surface area contributed by atoms with Gasteiger partial charge in [-0.3, -0.25) is 4.90 Å². The number of ether oxygens (including phenoxy) is 3. The average molecular weight is 648 g/mol. The molecule has 8 rings (SSSR count). The number of anilines is 2. The van der Waals surface area contributed by atoms with Crippen LogP contribution in [-0.2, 0) is 10.9 Å². The van der Waals surface area contributed by atoms with Crippen LogP contribution in [0.4, 0.5) is 33.5 Å². The highest BCUT2D eigenvalue weighted by Gasteiger charge is 2.48. The van der Waals surface area contributed by atoms with Gasteiger partial charge in [0.1, 0.15) is 40.9 Å². The average Bonchev–Trinajstić information content (AvgIpc) is 3.63. The predicted molar refractivity (Wildman–Crippen MR) is 158 cm³/mol. The molecule has 0 radical (unpaired) electrons. The zero-order chi connectivity index (χ0) is 32.1. The molecule has 3 N–H and O–H groups in total. The fraction of sp³-hybridized carbons (Fsp3) is 0.581. The Morgan fingerprint density at radius 2 is 1.93 bits per heavy atom. The van der Waals surface area contributed by atoms with Gasteiger partial charge in [0.25, 0.3) is 0 Å². The van der Waals surface area contributed by atoms with E-state index in [0.29, 0.717) is 31.6 Å². The summed E-state index contributed by atoms with van der Waals surface area (Å²) in [6.45, 7) is 5.59. The van der Waals surface area contributed by atoms with Crippen LogP contribution >= 0.6 is 0 Å². The Kier molecular flexibility index (Phi) is 6.96. The number of nitrogens with one attached hydrogen (secondary N) is 1. The second kappa shape index (κ2) is 10.7. The monoisotopic (exact) mass is 647 g/mol. The van der Waals surface area contributed by atoms with Crippen LogP contribution < -0.4 is 25.4 Å². The maximum Gasteiger partial charge on any atom is 0.417 e. The molecule has 4 fully saturated rings. The largest absolute Gasteiger partial charge is 0.472 e. The Morgan fingerprint density at radius 3 is 2.74 bits per heavy atom. The highest BCUT2D eigenvalue weighted by atomic mass is 19.4. The van der Waals surface area contributed by atoms with E-state index >= 15 is 4.39 Å². The van der Waals surface area contributed by atoms with Crippen LogP contribution in [0.15, 0.2) is 6.07 Å². The molecule has 5 aliphatic rings. The number of piperazine rings is 1. The van der Waals surface area contributed by atoms with Gasteiger partial charge in [-0.2, -0.15) is 23.1 Å². The number of nitrogens with two attached hydrogens (primary N) is 1. The van der Waals surface area contributed by atoms with Gasteiger partial charge in [-0.1, -0.05) is 0 Å². The quantitative estimate of drug-likeness (QED) is 0.316. The summed E-state index contributed by atoms with van der Waals surface area (Å²) in [4.78, 5) is 18.0. The molecule has 1 aromatic carbocycles. The minimum Gasteiger partial charge on any atom is -0.472 e. The van der Waals surface area contributed by atoms with Crippen molar-refractivity contribution in [1.82, 2.24) is 25.2 Å². The summed E-state index contributed by atoms with van der Waals surface area (Å²) in [6.07, 6.45) is -1.60. The molecular weight excluding hydrogens is 613 g/mol. The van der Waals surface area contributed by atoms with Crippen LogP contribution in [0.1, 0.15) is 43.7 Å². The van der Waals surface area contributed by atoms with Gasteiger partial charge >= 0.3 is 12.2 Å². The molecule has 2 aromatic heterocycles. The van der Waals surface area contributed by atoms with E-state index in [9.17, 15) is 17.6 Å². The van der Waals surface area contributed by atoms with Crippen molar-refractivity contribution in [1.29, 1.82) is 0 Å². The van der Waals surface area contributed by atoms with Gasteiger partial charge in [0.2, 0.25) is 5.88 Å². The number of pyridine rings is 1. The molecule has 5 aliphatic heterocycles. The van der Waals surface area contributed by atoms with Crippen molar-refractivity contribution in [3.8, 4) is 23.1 Å². The molecule has 4 saturated heterocycles. The number of morpholine rings is 1. The molecule has 46 heavy (non-hydrogen) atoms. The Hall–Kier alpha value is -3.56. The van der Waals surface area contributed by atoms with Gasteiger partial charge < -0.3 is 30.2 Å². The van der Waals surface area contributed by atoms with Crippen molar-refractivity contribution >= 4 is 22.4 Å². The van der Waals surface area contributed by atoms with Crippen molar-refractivity contribution in [2.24, 2.45) is 0 Å². The maximum absolute atomic E-state index is 16.8. The topological polar surface area (TPSA) is 111 Å². The molecule has 2 bridgehead atoms. The lowest BCUT2D eigenvalue weighted by Gasteiger charge is -2.42. The lowest BCUT2D eigenvalue weighted by Crippen LogP contribution is -2.62. The number of nitrogens with zero attached hydrogens (tertiary/aromatic N) is 5. The van der Waals surface area contributed by atoms with E-state index in [1.807, 2.05) is 6.92 Å². The molecule has 3 aromatic rings. The standard InChI is InChI=1S/C31H34F5N7O3/c1-13-22(31(34,35)36)18(8-19(37)23(13)32)25-24(33)26-21-28(41-30(40-26)45-12-17-11-44-10-16-4-3-7-42(16)17)43-9-15-5-6-20(38-15)27(43)14(2)46-29(21)39-25/h8,14-17,20,27,38H,3-7,9-12,37H2,1-2H3/t14-,15+,16+,17-,20-,27+/m0/s1. The second-order valence-electron chi connectivity index (χ2n) is 13.0. The molecule has 0 saturated carbocycles. The van der Waals surface area contributed by atoms with Gasteiger partial charge in [0.05, 0.1) is 36.5 Å². The molecule has 246 valence electrons. The van der Waals surface area contributed by atoms with E-state index in [1.54, 1.807) is 0 Å². The summed E-state index contributed by atoms with van der Waals surface area (Å²) in [6, 6.07) is 0.892. The van der Waals surface area contributed by atoms with Gasteiger partial charge in [-0.05, 0) is 57.7 Å². The number of rotatable bonds is 4. The summed E-state index contributed by atoms with van der Waals surface area (Å²) in [5, 5.41) is 3.76. The van der Waals surface area contributed by atoms with Gasteiger partial charge in [-0.25, -0.2) is 13.8 Å². The van der Waals surface area contributed by atoms with Crippen LogP contribution in [-0.4, -0.2) is 89.1 Å². The maximum atomic E-state index is 16.8. The number of aromatic nitrogens is 3. The zero-order valence-corrected chi connectivity index (χ0v) is 25.3. The number of hydrogen-bond acceptors (Lipinski definition) is 10. The van der Waals surface area contributed by atoms with Gasteiger partial charge in [0, 0.05) is 30.2 Å². The zero-order valence-electron chi connectivity index (χ0n) is 25.3. The third-order valence-electron chi connectivity index (χ3n) is 10.2. The number of hydrogen-bond donors (Lipinski definition) is 2. The molecule has 0 amide bonds. The third kappa shape index (κ3) is 4.64. The van der Waals surface area contributed by atoms with E-state index in [1.165, 1.54) is 0 Å². The molecule has 0 spiro atoms. The molecule has 0 unspecified atom stereocenters. The van der Waals surface area contributed by atoms with Crippen LogP contribution in [0.2, 0.25) is 0 Å². The lowest BCUT2D eigenvalue weighted by atomic mass is 9.96. The Bertz CT molecular complexity index is 1720. The smallest absolute Gasteiger partial charge is 0.417 e. The summed E-state index contributed by atoms with van der Waals surface area (Å²) >= 11 is 0. The van der Waals surface area contributed by atoms with Crippen LogP contribution in [0, 0.1) is 18.6 Å². The first-order valence-electron chi connectivity index (χ1n) is 15.7. The summed E-state index contributed by atoms with van der Waals surface area (Å²) in [7, 11) is 0. The highest BCUT2D eigenvalue weighted by Crippen LogP contribution is 2.47. The predicted octanol–water partition coefficient (Wildman–Crippen LogP) is 4.21. The SMILES string of the molecule is Cc1c(F)c(N)cc(-c2nc3c4c(nc(OC[C@@H]5COC[C@H]6CCCN65)nc4c2F)N2C[C@H]4CC[C@H](N4)[C@H]2[C@H](C)O3)c1C(F)(F)F. The van der Waals surface area contributed by atoms with Crippen molar-refractivity contribution < 1.29 is 36.2 Å². The van der Waals surface area contributed by atoms with E-state index in [2.05, 4.69) is 25.1 Å². The van der Waals surface area contributed by atoms with Gasteiger partial charge in [-0.15, -0.1) is 0 Å². The summed E-state index contributed by atoms with van der Waals surface area (Å²) < 4.78 is 92.9. The molecule has 10 nitrogen and oxygen atoms in total. The van der Waals surface area contributed by atoms with E-state index in [0.717, 1.165) is 45.2 Å². The summed E-state index contributed by atoms with van der Waals surface area (Å²) in [5.74, 6) is -2.13. The fourth-order valence-corrected chi connectivity index (χ4v) is 8.17. The number of benzene rings is 1. The fourth-order valence-electron chi connectivity index (χ4n) is 8.17. The molecule has 0 aliphatic carbocycles. The van der Waals surface area contributed by atoms with E-state index in [4.69, 9.17) is 24.9 Å². The molecule has 7 heterocycles. The number of nitrogen functional groups attached to an aromatic ring is 1. The molecular formula is C31H34F5N7O3. The second-order valence-corrected chi connectivity index (χ2v) is 13.0. The minimum absolute atomic E-state index is 0.0460. The van der Waals surface area contributed by atoms with Crippen LogP contribution in [0.25, 0.3) is 22.2 Å². The van der Waals surface area contributed by atoms with E-state index < -0.39 is 52.0 Å². The normalized spacial score (nSPS) is 29.0. The first-order chi connectivity index (χ1) is 22.0. The highest BCUT2D eigenvalue weighted by molar-refractivity contribution is 5.97. The van der Waals surface area contributed by atoms with Crippen LogP contribution in [0.5, 0.6) is 11.9 Å². The minimum atomic E-state index is -5.04. The Labute approximate surface area is 261 Å². The summed E-state index contributed by atoms with van der Waals surface area (Å²) in [5.41, 5.74) is 1.37. The van der Waals surface area contributed by atoms with Gasteiger partial charge in [0.15, 0.2) is 5.82 Å². The third-order valence-corrected chi connectivity index (χ3v) is 10.2.